The standard InChI is InChI=1S/C21H24N4O2/c1-15-6-8-16(9-7-15)14-25-19-17(5-4-10-22-19)13-18(21(25)27)20(26)23-11-12-24(2)3/h4-10,13H,11-12,14H2,1-3H3,(H,23,26). The molecule has 27 heavy (non-hydrogen) atoms. The first-order valence-electron chi connectivity index (χ1n) is 8.93. The van der Waals surface area contributed by atoms with Gasteiger partial charge in [0.1, 0.15) is 11.2 Å². The van der Waals surface area contributed by atoms with Crippen LogP contribution in [0.1, 0.15) is 21.5 Å². The first-order chi connectivity index (χ1) is 13.0. The van der Waals surface area contributed by atoms with E-state index in [2.05, 4.69) is 10.3 Å². The number of rotatable bonds is 6. The van der Waals surface area contributed by atoms with E-state index in [0.29, 0.717) is 25.3 Å². The monoisotopic (exact) mass is 364 g/mol. The second-order valence-electron chi connectivity index (χ2n) is 6.91. The molecular formula is C21H24N4O2. The molecule has 0 aliphatic heterocycles. The molecule has 1 aromatic carbocycles. The number of benzene rings is 1. The minimum Gasteiger partial charge on any atom is -0.351 e. The molecule has 0 aliphatic rings. The number of aryl methyl sites for hydroxylation is 1. The van der Waals surface area contributed by atoms with Crippen molar-refractivity contribution in [1.29, 1.82) is 0 Å². The number of likely N-dealkylation sites (N-methyl/N-ethyl adjacent to an activating group) is 1. The number of hydrogen-bond donors (Lipinski definition) is 1. The zero-order valence-electron chi connectivity index (χ0n) is 15.9. The van der Waals surface area contributed by atoms with Gasteiger partial charge in [-0.2, -0.15) is 0 Å². The lowest BCUT2D eigenvalue weighted by atomic mass is 10.1. The Morgan fingerprint density at radius 3 is 2.63 bits per heavy atom. The summed E-state index contributed by atoms with van der Waals surface area (Å²) in [6, 6.07) is 13.3. The molecular weight excluding hydrogens is 340 g/mol. The van der Waals surface area contributed by atoms with Crippen molar-refractivity contribution in [1.82, 2.24) is 19.8 Å². The second kappa shape index (κ2) is 8.14. The van der Waals surface area contributed by atoms with Crippen LogP contribution in [-0.4, -0.2) is 47.5 Å². The van der Waals surface area contributed by atoms with E-state index in [1.54, 1.807) is 22.9 Å². The van der Waals surface area contributed by atoms with Crippen LogP contribution >= 0.6 is 0 Å². The summed E-state index contributed by atoms with van der Waals surface area (Å²) in [7, 11) is 3.87. The lowest BCUT2D eigenvalue weighted by Crippen LogP contribution is -2.36. The largest absolute Gasteiger partial charge is 0.351 e. The summed E-state index contributed by atoms with van der Waals surface area (Å²) in [4.78, 5) is 32.0. The van der Waals surface area contributed by atoms with Crippen LogP contribution in [0, 0.1) is 6.92 Å². The maximum Gasteiger partial charge on any atom is 0.265 e. The molecule has 3 aromatic rings. The number of amides is 1. The molecule has 0 saturated carbocycles. The van der Waals surface area contributed by atoms with Crippen LogP contribution in [-0.2, 0) is 6.54 Å². The summed E-state index contributed by atoms with van der Waals surface area (Å²) in [6.07, 6.45) is 1.66. The summed E-state index contributed by atoms with van der Waals surface area (Å²) < 4.78 is 1.57. The van der Waals surface area contributed by atoms with E-state index >= 15 is 0 Å². The molecule has 3 rings (SSSR count). The van der Waals surface area contributed by atoms with E-state index in [4.69, 9.17) is 0 Å². The van der Waals surface area contributed by atoms with Crippen molar-refractivity contribution in [2.45, 2.75) is 13.5 Å². The Hall–Kier alpha value is -2.99. The number of aromatic nitrogens is 2. The number of pyridine rings is 2. The summed E-state index contributed by atoms with van der Waals surface area (Å²) in [6.45, 7) is 3.57. The van der Waals surface area contributed by atoms with Crippen molar-refractivity contribution in [3.8, 4) is 0 Å². The number of hydrogen-bond acceptors (Lipinski definition) is 4. The van der Waals surface area contributed by atoms with Gasteiger partial charge in [-0.3, -0.25) is 14.2 Å². The smallest absolute Gasteiger partial charge is 0.265 e. The van der Waals surface area contributed by atoms with Gasteiger partial charge < -0.3 is 10.2 Å². The molecule has 1 N–H and O–H groups in total. The maximum absolute atomic E-state index is 13.0. The molecule has 0 unspecified atom stereocenters. The Morgan fingerprint density at radius 2 is 1.93 bits per heavy atom. The van der Waals surface area contributed by atoms with E-state index in [1.807, 2.05) is 56.3 Å². The maximum atomic E-state index is 13.0. The molecule has 0 spiro atoms. The lowest BCUT2D eigenvalue weighted by molar-refractivity contribution is 0.0949. The van der Waals surface area contributed by atoms with Gasteiger partial charge >= 0.3 is 0 Å². The molecule has 0 fully saturated rings. The molecule has 6 nitrogen and oxygen atoms in total. The van der Waals surface area contributed by atoms with Gasteiger partial charge in [0.15, 0.2) is 0 Å². The highest BCUT2D eigenvalue weighted by molar-refractivity contribution is 5.96. The van der Waals surface area contributed by atoms with E-state index in [1.165, 1.54) is 0 Å². The first-order valence-corrected chi connectivity index (χ1v) is 8.93. The van der Waals surface area contributed by atoms with E-state index < -0.39 is 0 Å². The van der Waals surface area contributed by atoms with E-state index in [9.17, 15) is 9.59 Å². The van der Waals surface area contributed by atoms with Gasteiger partial charge in [0.25, 0.3) is 11.5 Å². The van der Waals surface area contributed by atoms with Crippen molar-refractivity contribution >= 4 is 16.9 Å². The highest BCUT2D eigenvalue weighted by Gasteiger charge is 2.16. The third kappa shape index (κ3) is 4.41. The second-order valence-corrected chi connectivity index (χ2v) is 6.91. The minimum absolute atomic E-state index is 0.140. The van der Waals surface area contributed by atoms with Crippen LogP contribution in [0.15, 0.2) is 53.5 Å². The summed E-state index contributed by atoms with van der Waals surface area (Å²) in [5.74, 6) is -0.356. The molecule has 2 heterocycles. The molecule has 0 saturated heterocycles. The summed E-state index contributed by atoms with van der Waals surface area (Å²) >= 11 is 0. The average Bonchev–Trinajstić information content (AvgIpc) is 2.65. The number of fused-ring (bicyclic) bond motifs is 1. The fourth-order valence-electron chi connectivity index (χ4n) is 2.88. The van der Waals surface area contributed by atoms with Crippen LogP contribution < -0.4 is 10.9 Å². The number of carbonyl (C=O) groups is 1. The number of nitrogens with one attached hydrogen (secondary N) is 1. The Balaban J connectivity index is 2.00. The van der Waals surface area contributed by atoms with Crippen LogP contribution in [0.3, 0.4) is 0 Å². The number of nitrogens with zero attached hydrogens (tertiary/aromatic N) is 3. The highest BCUT2D eigenvalue weighted by atomic mass is 16.2. The van der Waals surface area contributed by atoms with Gasteiger partial charge in [-0.15, -0.1) is 0 Å². The Morgan fingerprint density at radius 1 is 1.19 bits per heavy atom. The molecule has 0 aliphatic carbocycles. The van der Waals surface area contributed by atoms with Crippen LogP contribution in [0.25, 0.3) is 11.0 Å². The normalized spacial score (nSPS) is 11.1. The molecule has 2 aromatic heterocycles. The number of carbonyl (C=O) groups excluding carboxylic acids is 1. The van der Waals surface area contributed by atoms with E-state index in [0.717, 1.165) is 16.5 Å². The zero-order valence-corrected chi connectivity index (χ0v) is 15.9. The fraction of sp³-hybridized carbons (Fsp3) is 0.286. The van der Waals surface area contributed by atoms with Gasteiger partial charge in [-0.25, -0.2) is 4.98 Å². The van der Waals surface area contributed by atoms with Crippen molar-refractivity contribution in [3.63, 3.8) is 0 Å². The van der Waals surface area contributed by atoms with Crippen molar-refractivity contribution < 1.29 is 4.79 Å². The molecule has 6 heteroatoms. The first kappa shape index (κ1) is 18.8. The lowest BCUT2D eigenvalue weighted by Gasteiger charge is -2.13. The quantitative estimate of drug-likeness (QED) is 0.727. The Kier molecular flexibility index (Phi) is 5.66. The zero-order chi connectivity index (χ0) is 19.4. The van der Waals surface area contributed by atoms with Gasteiger partial charge in [-0.1, -0.05) is 29.8 Å². The van der Waals surface area contributed by atoms with Gasteiger partial charge in [0.2, 0.25) is 0 Å². The van der Waals surface area contributed by atoms with Crippen molar-refractivity contribution in [3.05, 3.63) is 75.7 Å². The predicted octanol–water partition coefficient (Wildman–Crippen LogP) is 2.04. The molecule has 0 bridgehead atoms. The summed E-state index contributed by atoms with van der Waals surface area (Å²) in [5, 5.41) is 3.59. The van der Waals surface area contributed by atoms with Gasteiger partial charge in [0.05, 0.1) is 6.54 Å². The van der Waals surface area contributed by atoms with Crippen LogP contribution in [0.2, 0.25) is 0 Å². The molecule has 0 radical (unpaired) electrons. The highest BCUT2D eigenvalue weighted by Crippen LogP contribution is 2.13. The SMILES string of the molecule is Cc1ccc(Cn2c(=O)c(C(=O)NCCN(C)C)cc3cccnc32)cc1. The Bertz CT molecular complexity index is 1010. The van der Waals surface area contributed by atoms with Crippen LogP contribution in [0.4, 0.5) is 0 Å². The molecule has 140 valence electrons. The fourth-order valence-corrected chi connectivity index (χ4v) is 2.88. The van der Waals surface area contributed by atoms with Gasteiger partial charge in [-0.05, 0) is 44.8 Å². The molecule has 1 amide bonds. The topological polar surface area (TPSA) is 67.2 Å². The summed E-state index contributed by atoms with van der Waals surface area (Å²) in [5.41, 5.74) is 2.53. The minimum atomic E-state index is -0.356. The third-order valence-electron chi connectivity index (χ3n) is 4.40. The average molecular weight is 364 g/mol. The third-order valence-corrected chi connectivity index (χ3v) is 4.40. The Labute approximate surface area is 158 Å². The van der Waals surface area contributed by atoms with Gasteiger partial charge in [0, 0.05) is 24.7 Å². The van der Waals surface area contributed by atoms with Crippen molar-refractivity contribution in [2.75, 3.05) is 27.2 Å². The molecule has 0 atom stereocenters. The van der Waals surface area contributed by atoms with Crippen LogP contribution in [0.5, 0.6) is 0 Å². The van der Waals surface area contributed by atoms with E-state index in [-0.39, 0.29) is 17.0 Å². The van der Waals surface area contributed by atoms with Crippen molar-refractivity contribution in [2.24, 2.45) is 0 Å². The predicted molar refractivity (Wildman–Crippen MR) is 107 cm³/mol.